The van der Waals surface area contributed by atoms with Crippen LogP contribution in [0, 0.1) is 0 Å². The van der Waals surface area contributed by atoms with Gasteiger partial charge in [0.25, 0.3) is 0 Å². The van der Waals surface area contributed by atoms with E-state index in [1.54, 1.807) is 19.2 Å². The van der Waals surface area contributed by atoms with Gasteiger partial charge >= 0.3 is 0 Å². The average Bonchev–Trinajstić information content (AvgIpc) is 2.49. The molecule has 2 rings (SSSR count). The maximum atomic E-state index is 6.09. The van der Waals surface area contributed by atoms with E-state index in [0.29, 0.717) is 23.3 Å². The first kappa shape index (κ1) is 21.3. The number of anilines is 1. The number of methoxy groups -OCH3 is 1. The Kier molecular flexibility index (Phi) is 8.55. The largest absolute Gasteiger partial charge is 0.495 e. The first-order valence-electron chi connectivity index (χ1n) is 7.65. The van der Waals surface area contributed by atoms with Crippen LogP contribution in [0.1, 0.15) is 13.8 Å². The highest BCUT2D eigenvalue weighted by molar-refractivity contribution is 14.0. The quantitative estimate of drug-likeness (QED) is 0.395. The summed E-state index contributed by atoms with van der Waals surface area (Å²) in [5.41, 5.74) is 6.75. The molecule has 1 fully saturated rings. The maximum absolute atomic E-state index is 6.09. The first-order chi connectivity index (χ1) is 10.9. The molecule has 1 aliphatic heterocycles. The zero-order chi connectivity index (χ0) is 16.9. The minimum absolute atomic E-state index is 0. The molecule has 0 atom stereocenters. The Bertz CT molecular complexity index is 569. The fourth-order valence-corrected chi connectivity index (χ4v) is 2.79. The van der Waals surface area contributed by atoms with Gasteiger partial charge in [0.1, 0.15) is 5.75 Å². The standard InChI is InChI=1S/C16H25ClN4O2.HI/c1-16(2)11-23-9-8-21(16)7-6-19-15(18)20-12-4-5-14(22-3)13(17)10-12;/h4-5,10H,6-9,11H2,1-3H3,(H3,18,19,20);1H. The van der Waals surface area contributed by atoms with Crippen LogP contribution in [0.2, 0.25) is 5.02 Å². The zero-order valence-electron chi connectivity index (χ0n) is 14.3. The third kappa shape index (κ3) is 5.94. The Morgan fingerprint density at radius 1 is 1.50 bits per heavy atom. The molecule has 6 nitrogen and oxygen atoms in total. The number of nitrogens with two attached hydrogens (primary N) is 1. The van der Waals surface area contributed by atoms with Crippen LogP contribution < -0.4 is 15.8 Å². The highest BCUT2D eigenvalue weighted by Crippen LogP contribution is 2.27. The summed E-state index contributed by atoms with van der Waals surface area (Å²) in [5, 5.41) is 3.57. The van der Waals surface area contributed by atoms with Crippen LogP contribution in [-0.2, 0) is 4.74 Å². The van der Waals surface area contributed by atoms with E-state index >= 15 is 0 Å². The van der Waals surface area contributed by atoms with E-state index in [1.165, 1.54) is 0 Å². The molecule has 0 aromatic heterocycles. The molecule has 0 bridgehead atoms. The number of aliphatic imine (C=N–C) groups is 1. The number of ether oxygens (including phenoxy) is 2. The third-order valence-corrected chi connectivity index (χ3v) is 4.19. The van der Waals surface area contributed by atoms with Crippen LogP contribution in [0.15, 0.2) is 23.2 Å². The Morgan fingerprint density at radius 2 is 2.25 bits per heavy atom. The molecule has 0 amide bonds. The van der Waals surface area contributed by atoms with Crippen LogP contribution in [-0.4, -0.2) is 56.4 Å². The van der Waals surface area contributed by atoms with Crippen molar-refractivity contribution < 1.29 is 9.47 Å². The third-order valence-electron chi connectivity index (χ3n) is 3.89. The molecule has 3 N–H and O–H groups in total. The van der Waals surface area contributed by atoms with Gasteiger partial charge in [-0.25, -0.2) is 0 Å². The monoisotopic (exact) mass is 468 g/mol. The number of nitrogens with one attached hydrogen (secondary N) is 1. The number of rotatable bonds is 5. The van der Waals surface area contributed by atoms with Crippen molar-refractivity contribution in [2.24, 2.45) is 10.7 Å². The van der Waals surface area contributed by atoms with Crippen LogP contribution in [0.25, 0.3) is 0 Å². The number of morpholine rings is 1. The fourth-order valence-electron chi connectivity index (χ4n) is 2.53. The molecule has 1 aromatic carbocycles. The molecule has 1 aliphatic rings. The zero-order valence-corrected chi connectivity index (χ0v) is 17.4. The lowest BCUT2D eigenvalue weighted by Gasteiger charge is -2.41. The molecule has 1 heterocycles. The summed E-state index contributed by atoms with van der Waals surface area (Å²) in [5.74, 6) is 1.000. The number of hydrogen-bond acceptors (Lipinski definition) is 4. The maximum Gasteiger partial charge on any atom is 0.193 e. The predicted octanol–water partition coefficient (Wildman–Crippen LogP) is 2.80. The van der Waals surface area contributed by atoms with Gasteiger partial charge in [-0.3, -0.25) is 9.89 Å². The van der Waals surface area contributed by atoms with Crippen LogP contribution in [0.4, 0.5) is 5.69 Å². The van der Waals surface area contributed by atoms with Crippen molar-refractivity contribution in [3.05, 3.63) is 23.2 Å². The summed E-state index contributed by atoms with van der Waals surface area (Å²) in [6.07, 6.45) is 0. The van der Waals surface area contributed by atoms with Gasteiger partial charge in [-0.1, -0.05) is 11.6 Å². The predicted molar refractivity (Wildman–Crippen MR) is 110 cm³/mol. The molecule has 0 unspecified atom stereocenters. The van der Waals surface area contributed by atoms with Crippen molar-refractivity contribution in [3.8, 4) is 5.75 Å². The number of halogens is 2. The molecule has 24 heavy (non-hydrogen) atoms. The average molecular weight is 469 g/mol. The second kappa shape index (κ2) is 9.65. The van der Waals surface area contributed by atoms with Crippen molar-refractivity contribution in [2.45, 2.75) is 19.4 Å². The fraction of sp³-hybridized carbons (Fsp3) is 0.562. The lowest BCUT2D eigenvalue weighted by molar-refractivity contribution is -0.0491. The summed E-state index contributed by atoms with van der Waals surface area (Å²) >= 11 is 6.09. The van der Waals surface area contributed by atoms with Gasteiger partial charge in [-0.2, -0.15) is 0 Å². The molecule has 136 valence electrons. The van der Waals surface area contributed by atoms with Crippen LogP contribution in [0.3, 0.4) is 0 Å². The topological polar surface area (TPSA) is 72.1 Å². The Hall–Kier alpha value is -0.770. The van der Waals surface area contributed by atoms with Gasteiger partial charge in [-0.05, 0) is 32.0 Å². The number of hydrogen-bond donors (Lipinski definition) is 2. The Labute approximate surface area is 165 Å². The number of nitrogens with zero attached hydrogens (tertiary/aromatic N) is 2. The molecule has 0 saturated carbocycles. The van der Waals surface area contributed by atoms with Crippen molar-refractivity contribution in [2.75, 3.05) is 45.3 Å². The second-order valence-corrected chi connectivity index (χ2v) is 6.50. The summed E-state index contributed by atoms with van der Waals surface area (Å²) in [6, 6.07) is 5.39. The minimum atomic E-state index is 0. The van der Waals surface area contributed by atoms with Crippen molar-refractivity contribution in [1.82, 2.24) is 4.90 Å². The van der Waals surface area contributed by atoms with Gasteiger partial charge in [0.2, 0.25) is 0 Å². The molecule has 0 radical (unpaired) electrons. The summed E-state index contributed by atoms with van der Waals surface area (Å²) in [4.78, 5) is 6.75. The van der Waals surface area contributed by atoms with Gasteiger partial charge in [0.05, 0.1) is 31.9 Å². The number of benzene rings is 1. The van der Waals surface area contributed by atoms with E-state index in [2.05, 4.69) is 29.1 Å². The SMILES string of the molecule is COc1ccc(NC(N)=NCCN2CCOCC2(C)C)cc1Cl.I. The van der Waals surface area contributed by atoms with Gasteiger partial charge in [-0.15, -0.1) is 24.0 Å². The number of guanidine groups is 1. The van der Waals surface area contributed by atoms with Crippen LogP contribution in [0.5, 0.6) is 5.75 Å². The van der Waals surface area contributed by atoms with E-state index in [-0.39, 0.29) is 29.5 Å². The van der Waals surface area contributed by atoms with Gasteiger partial charge in [0, 0.05) is 24.3 Å². The van der Waals surface area contributed by atoms with Gasteiger partial charge in [0.15, 0.2) is 5.96 Å². The van der Waals surface area contributed by atoms with E-state index in [0.717, 1.165) is 32.0 Å². The Balaban J connectivity index is 0.00000288. The molecule has 1 aromatic rings. The van der Waals surface area contributed by atoms with Crippen molar-refractivity contribution in [1.29, 1.82) is 0 Å². The second-order valence-electron chi connectivity index (χ2n) is 6.09. The van der Waals surface area contributed by atoms with Gasteiger partial charge < -0.3 is 20.5 Å². The highest BCUT2D eigenvalue weighted by atomic mass is 127. The summed E-state index contributed by atoms with van der Waals surface area (Å²) in [6.45, 7) is 8.27. The molecular weight excluding hydrogens is 443 g/mol. The molecule has 8 heteroatoms. The molecule has 0 spiro atoms. The normalized spacial score (nSPS) is 17.9. The summed E-state index contributed by atoms with van der Waals surface area (Å²) < 4.78 is 10.6. The first-order valence-corrected chi connectivity index (χ1v) is 8.03. The molecular formula is C16H26ClIN4O2. The van der Waals surface area contributed by atoms with E-state index < -0.39 is 0 Å². The van der Waals surface area contributed by atoms with Crippen molar-refractivity contribution in [3.63, 3.8) is 0 Å². The smallest absolute Gasteiger partial charge is 0.193 e. The lowest BCUT2D eigenvalue weighted by Crippen LogP contribution is -2.53. The minimum Gasteiger partial charge on any atom is -0.495 e. The van der Waals surface area contributed by atoms with E-state index in [9.17, 15) is 0 Å². The lowest BCUT2D eigenvalue weighted by atomic mass is 10.0. The highest BCUT2D eigenvalue weighted by Gasteiger charge is 2.29. The van der Waals surface area contributed by atoms with Crippen LogP contribution >= 0.6 is 35.6 Å². The Morgan fingerprint density at radius 3 is 2.88 bits per heavy atom. The molecule has 1 saturated heterocycles. The van der Waals surface area contributed by atoms with Crippen molar-refractivity contribution >= 4 is 47.2 Å². The summed E-state index contributed by atoms with van der Waals surface area (Å²) in [7, 11) is 1.58. The van der Waals surface area contributed by atoms with E-state index in [4.69, 9.17) is 26.8 Å². The van der Waals surface area contributed by atoms with E-state index in [1.807, 2.05) is 6.07 Å². The molecule has 0 aliphatic carbocycles.